The second-order valence-corrected chi connectivity index (χ2v) is 33.7. The van der Waals surface area contributed by atoms with Crippen LogP contribution in [-0.4, -0.2) is 200 Å². The van der Waals surface area contributed by atoms with Crippen LogP contribution in [0.3, 0.4) is 0 Å². The van der Waals surface area contributed by atoms with Gasteiger partial charge in [0.05, 0.1) is 64.5 Å². The summed E-state index contributed by atoms with van der Waals surface area (Å²) in [7, 11) is -8.11. The summed E-state index contributed by atoms with van der Waals surface area (Å²) in [5.41, 5.74) is 10.7. The van der Waals surface area contributed by atoms with Crippen molar-refractivity contribution in [2.24, 2.45) is 23.7 Å². The monoisotopic (exact) mass is 1960 g/mol. The van der Waals surface area contributed by atoms with Crippen molar-refractivity contribution in [3.05, 3.63) is 241 Å². The number of rotatable bonds is 33. The van der Waals surface area contributed by atoms with Gasteiger partial charge in [-0.3, -0.25) is 37.9 Å². The van der Waals surface area contributed by atoms with Crippen LogP contribution in [0, 0.1) is 44.4 Å². The highest BCUT2D eigenvalue weighted by Gasteiger charge is 2.20. The minimum absolute atomic E-state index is 0.0101. The third-order valence-corrected chi connectivity index (χ3v) is 20.1. The van der Waals surface area contributed by atoms with Crippen LogP contribution in [0.15, 0.2) is 152 Å². The van der Waals surface area contributed by atoms with E-state index in [1.807, 2.05) is 120 Å². The molecular weight excluding hydrogens is 1820 g/mol. The molecule has 0 aliphatic rings. The average molecular weight is 1960 g/mol. The molecule has 760 valence electrons. The number of aromatic carboxylic acids is 5. The molecule has 35 nitrogen and oxygen atoms in total. The fourth-order valence-corrected chi connectivity index (χ4v) is 11.3. The van der Waals surface area contributed by atoms with E-state index in [0.717, 1.165) is 76.6 Å². The van der Waals surface area contributed by atoms with E-state index in [1.165, 1.54) is 71.8 Å². The molecule has 0 bridgehead atoms. The zero-order chi connectivity index (χ0) is 106. The Morgan fingerprint density at radius 3 is 1.16 bits per heavy atom. The number of esters is 2. The van der Waals surface area contributed by atoms with Gasteiger partial charge in [0.2, 0.25) is 11.8 Å². The van der Waals surface area contributed by atoms with Gasteiger partial charge in [0, 0.05) is 44.6 Å². The van der Waals surface area contributed by atoms with Gasteiger partial charge < -0.3 is 110 Å². The smallest absolute Gasteiger partial charge is 0.356 e. The summed E-state index contributed by atoms with van der Waals surface area (Å²) in [5.74, 6) is -4.80. The van der Waals surface area contributed by atoms with Crippen LogP contribution in [0.2, 0.25) is 0 Å². The van der Waals surface area contributed by atoms with E-state index in [0.29, 0.717) is 81.1 Å². The number of carbonyl (C=O) groups is 11. The maximum atomic E-state index is 10.8. The number of aryl methyl sites for hydroxylation is 11. The highest BCUT2D eigenvalue weighted by Crippen LogP contribution is 2.34. The minimum atomic E-state index is -4.06. The van der Waals surface area contributed by atoms with Gasteiger partial charge in [-0.2, -0.15) is 0 Å². The Labute approximate surface area is 802 Å². The Kier molecular flexibility index (Phi) is 70.4. The molecule has 0 atom stereocenters. The standard InChI is InChI=1S/3C10H10O4.C10H14O.C9H10O3.C9H12O.2C8H11O3P.C7H15NO2.C7H14O3.C6H13NO2.C6H12O3/c1-2-7-3-8(10(12)13)5-9(4-7)14-6-11;1-2-7-5-8(14-6-11)3-4-9(7)10(12)13;1-2-6-3-4-7(9(11)12)8(5-6)10(13)14;1-4-9-5-7(2)10(11)8(3)6-9;1-2-6-3-4-7(9(11)12)8(10)5-6;1-3-8-4-5-9(10)7(2)6-8;1-2-7-3-5-8(6-4-7)12(9,10)11;1-2-7-4-3-5-8(6-7)12(9,10)11;1-6(2)7(10)8-4-3-5-9;1-6(2)7(9)10-5-3-4-8;1-5(2)6(9)7-3-4-8;1-5(2)6(8)9-4-3-7/h2*3-6H,2H2,1H3,(H,12,13);3-5H,2H2,1H3,(H,11,12)(H,13,14);5-6,11H,4H2,1-3H3;3-5,10H,2H2,1H3,(H,11,12);4-6,10H,3H2,1-2H3;2*3-6H,2H2,1H3,(H2,9,10,11);6,9H,3-5H2,1-2H3,(H,8,10);6,8H,3-5H2,1-2H3;5,8H,3-4H2,1-2H3,(H,7,9);5,7H,3-4H2,1-2H3. The lowest BCUT2D eigenvalue weighted by Crippen LogP contribution is -2.29. The zero-order valence-electron chi connectivity index (χ0n) is 81.6. The third kappa shape index (κ3) is 59.2. The van der Waals surface area contributed by atoms with E-state index in [4.69, 9.17) is 75.4 Å². The Balaban J connectivity index is -0.000000706. The Hall–Kier alpha value is -12.5. The topological polar surface area (TPSA) is 607 Å². The first-order valence-corrected chi connectivity index (χ1v) is 47.3. The predicted octanol–water partition coefficient (Wildman–Crippen LogP) is 13.8. The van der Waals surface area contributed by atoms with Gasteiger partial charge >= 0.3 is 57.0 Å². The first-order chi connectivity index (χ1) is 64.2. The molecule has 8 rings (SSSR count). The molecular formula is C100H142N2O33P2. The number of hydrogen-bond acceptors (Lipinski definition) is 24. The van der Waals surface area contributed by atoms with Crippen LogP contribution in [0.4, 0.5) is 0 Å². The quantitative estimate of drug-likeness (QED) is 0.00786. The molecule has 137 heavy (non-hydrogen) atoms. The Morgan fingerprint density at radius 1 is 0.350 bits per heavy atom. The van der Waals surface area contributed by atoms with Gasteiger partial charge in [-0.25, -0.2) is 24.0 Å². The van der Waals surface area contributed by atoms with Gasteiger partial charge in [-0.15, -0.1) is 0 Å². The van der Waals surface area contributed by atoms with Crippen molar-refractivity contribution in [3.63, 3.8) is 0 Å². The summed E-state index contributed by atoms with van der Waals surface area (Å²) in [6.07, 6.45) is 7.62. The third-order valence-electron chi connectivity index (χ3n) is 18.2. The normalized spacial score (nSPS) is 10.1. The number of carbonyl (C=O) groups excluding carboxylic acids is 6. The number of carboxylic acid groups (broad SMARTS) is 5. The number of benzene rings is 8. The molecule has 0 radical (unpaired) electrons. The van der Waals surface area contributed by atoms with Gasteiger partial charge in [-0.05, 0) is 231 Å². The summed E-state index contributed by atoms with van der Waals surface area (Å²) in [6, 6.07) is 40.5. The van der Waals surface area contributed by atoms with E-state index < -0.39 is 45.0 Å². The van der Waals surface area contributed by atoms with Gasteiger partial charge in [0.1, 0.15) is 40.9 Å². The molecule has 0 aliphatic carbocycles. The predicted molar refractivity (Wildman–Crippen MR) is 522 cm³/mol. The first kappa shape index (κ1) is 131. The van der Waals surface area contributed by atoms with Crippen LogP contribution < -0.4 is 30.7 Å². The molecule has 8 aromatic carbocycles. The number of amides is 2. The Bertz CT molecular complexity index is 4980. The molecule has 0 spiro atoms. The van der Waals surface area contributed by atoms with E-state index in [2.05, 4.69) is 38.7 Å². The second kappa shape index (κ2) is 73.7. The van der Waals surface area contributed by atoms with Crippen LogP contribution in [0.25, 0.3) is 0 Å². The van der Waals surface area contributed by atoms with Crippen LogP contribution in [0.1, 0.15) is 237 Å². The number of aliphatic hydroxyl groups is 4. The number of ether oxygens (including phenoxy) is 4. The van der Waals surface area contributed by atoms with Crippen LogP contribution in [-0.2, 0) is 98.7 Å². The van der Waals surface area contributed by atoms with E-state index in [1.54, 1.807) is 88.4 Å². The van der Waals surface area contributed by atoms with E-state index in [9.17, 15) is 72.1 Å². The number of hydrogen-bond donors (Lipinski definition) is 18. The number of nitrogens with one attached hydrogen (secondary N) is 2. The molecule has 0 saturated heterocycles. The average Bonchev–Trinajstić information content (AvgIpc) is 0.829. The van der Waals surface area contributed by atoms with Crippen molar-refractivity contribution in [2.75, 3.05) is 52.7 Å². The van der Waals surface area contributed by atoms with Gasteiger partial charge in [0.15, 0.2) is 0 Å². The van der Waals surface area contributed by atoms with Crippen molar-refractivity contribution in [2.45, 2.75) is 196 Å². The first-order valence-electron chi connectivity index (χ1n) is 44.0. The molecule has 37 heteroatoms. The van der Waals surface area contributed by atoms with Crippen LogP contribution >= 0.6 is 15.2 Å². The molecule has 0 aliphatic heterocycles. The summed E-state index contributed by atoms with van der Waals surface area (Å²) < 4.78 is 40.0. The molecule has 2 amide bonds. The minimum Gasteiger partial charge on any atom is -0.508 e. The highest BCUT2D eigenvalue weighted by atomic mass is 31.2. The summed E-state index contributed by atoms with van der Waals surface area (Å²) in [6.45, 7) is 37.9. The zero-order valence-corrected chi connectivity index (χ0v) is 83.4. The SMILES string of the molecule is CC(C)C(=O)NCCCO.CC(C)C(=O)NCCO.CC(C)C(=O)OCCCO.CC(C)C(=O)OCCO.CCc1cc(C)c(O)c(C)c1.CCc1cc(OC=O)cc(C(=O)O)c1.CCc1cc(OC=O)ccc1C(=O)O.CCc1ccc(C(=O)O)c(C(=O)O)c1.CCc1ccc(C(=O)O)c(O)c1.CCc1ccc(O)c(C)c1.CCc1ccc(P(=O)(O)O)cc1.CCc1cccc(P(=O)(O)O)c1. The summed E-state index contributed by atoms with van der Waals surface area (Å²) >= 11 is 0. The maximum Gasteiger partial charge on any atom is 0.356 e. The van der Waals surface area contributed by atoms with Crippen molar-refractivity contribution >= 4 is 92.3 Å². The summed E-state index contributed by atoms with van der Waals surface area (Å²) in [5, 5.41) is 110. The van der Waals surface area contributed by atoms with Crippen molar-refractivity contribution in [1.29, 1.82) is 0 Å². The van der Waals surface area contributed by atoms with Crippen molar-refractivity contribution in [1.82, 2.24) is 10.6 Å². The largest absolute Gasteiger partial charge is 0.508 e. The number of phenols is 3. The molecule has 0 heterocycles. The number of carboxylic acids is 5. The lowest BCUT2D eigenvalue weighted by Gasteiger charge is -2.05. The molecule has 0 fully saturated rings. The molecule has 0 unspecified atom stereocenters. The number of aliphatic hydroxyl groups excluding tert-OH is 4. The maximum absolute atomic E-state index is 10.8. The van der Waals surface area contributed by atoms with Crippen molar-refractivity contribution < 1.29 is 162 Å². The fourth-order valence-electron chi connectivity index (χ4n) is 10.1. The molecule has 18 N–H and O–H groups in total. The lowest BCUT2D eigenvalue weighted by molar-refractivity contribution is -0.148. The van der Waals surface area contributed by atoms with Gasteiger partial charge in [-0.1, -0.05) is 171 Å². The molecule has 0 saturated carbocycles. The number of aromatic hydroxyl groups is 3. The fraction of sp³-hybridized carbons (Fsp3) is 0.410. The van der Waals surface area contributed by atoms with Gasteiger partial charge in [0.25, 0.3) is 12.9 Å². The summed E-state index contributed by atoms with van der Waals surface area (Å²) in [4.78, 5) is 151. The lowest BCUT2D eigenvalue weighted by atomic mass is 10.0. The van der Waals surface area contributed by atoms with E-state index in [-0.39, 0.29) is 137 Å². The molecule has 0 aromatic heterocycles. The van der Waals surface area contributed by atoms with Crippen molar-refractivity contribution in [3.8, 4) is 28.7 Å². The van der Waals surface area contributed by atoms with Crippen LogP contribution in [0.5, 0.6) is 28.7 Å². The Morgan fingerprint density at radius 2 is 0.759 bits per heavy atom. The number of phenolic OH excluding ortho intramolecular Hbond substituents is 2. The highest BCUT2D eigenvalue weighted by molar-refractivity contribution is 7.60. The molecule has 8 aromatic rings. The second-order valence-electron chi connectivity index (χ2n) is 30.5. The van der Waals surface area contributed by atoms with E-state index >= 15 is 0 Å².